The summed E-state index contributed by atoms with van der Waals surface area (Å²) < 4.78 is 29.2. The van der Waals surface area contributed by atoms with Gasteiger partial charge >= 0.3 is 5.97 Å². The molecule has 0 radical (unpaired) electrons. The molecule has 29 heavy (non-hydrogen) atoms. The van der Waals surface area contributed by atoms with Gasteiger partial charge in [-0.3, -0.25) is 4.79 Å². The van der Waals surface area contributed by atoms with Gasteiger partial charge in [0.25, 0.3) is 0 Å². The molecule has 1 unspecified atom stereocenters. The Balaban J connectivity index is 1.98. The molecule has 0 bridgehead atoms. The summed E-state index contributed by atoms with van der Waals surface area (Å²) in [6, 6.07) is 8.38. The lowest BCUT2D eigenvalue weighted by atomic mass is 10.1. The number of rotatable bonds is 3. The van der Waals surface area contributed by atoms with Gasteiger partial charge in [0.2, 0.25) is 5.43 Å². The number of fused-ring (bicyclic) bond motifs is 1. The molecule has 0 spiro atoms. The summed E-state index contributed by atoms with van der Waals surface area (Å²) in [5, 5.41) is 12.9. The molecular formula is C21H19F2N3O3. The fraction of sp³-hybridized carbons (Fsp3) is 0.238. The number of carbonyl (C=O) groups is 1. The van der Waals surface area contributed by atoms with Gasteiger partial charge < -0.3 is 19.9 Å². The van der Waals surface area contributed by atoms with Crippen LogP contribution in [0.15, 0.2) is 47.4 Å². The van der Waals surface area contributed by atoms with Crippen molar-refractivity contribution in [2.24, 2.45) is 0 Å². The van der Waals surface area contributed by atoms with Gasteiger partial charge in [0.1, 0.15) is 17.2 Å². The lowest BCUT2D eigenvalue weighted by Crippen LogP contribution is -2.49. The first-order chi connectivity index (χ1) is 13.8. The summed E-state index contributed by atoms with van der Waals surface area (Å²) in [5.41, 5.74) is 0.0276. The number of pyridine rings is 1. The lowest BCUT2D eigenvalue weighted by Gasteiger charge is -2.33. The van der Waals surface area contributed by atoms with Crippen LogP contribution in [0.3, 0.4) is 0 Å². The summed E-state index contributed by atoms with van der Waals surface area (Å²) in [6.45, 7) is 4.39. The molecule has 2 heterocycles. The molecule has 2 aromatic carbocycles. The molecule has 4 rings (SSSR count). The molecule has 8 heteroatoms. The third-order valence-electron chi connectivity index (χ3n) is 5.12. The standard InChI is InChI=1S/C21H19F2N3O3/c1-12-10-25(7-6-24-12)14-3-4-15-19(9-14)26(11-16(20(15)27)21(28)29)18-5-2-13(22)8-17(18)23/h2-5,8-9,11-12,24H,6-7,10H2,1H3,(H,28,29). The molecule has 2 N–H and O–H groups in total. The molecule has 150 valence electrons. The number of carboxylic acid groups (broad SMARTS) is 1. The van der Waals surface area contributed by atoms with Gasteiger partial charge in [-0.2, -0.15) is 0 Å². The molecular weight excluding hydrogens is 380 g/mol. The van der Waals surface area contributed by atoms with Crippen molar-refractivity contribution in [3.63, 3.8) is 0 Å². The van der Waals surface area contributed by atoms with Gasteiger partial charge in [0.15, 0.2) is 0 Å². The van der Waals surface area contributed by atoms with Gasteiger partial charge in [-0.05, 0) is 37.3 Å². The highest BCUT2D eigenvalue weighted by molar-refractivity contribution is 5.94. The third kappa shape index (κ3) is 3.47. The van der Waals surface area contributed by atoms with E-state index in [4.69, 9.17) is 0 Å². The zero-order valence-corrected chi connectivity index (χ0v) is 15.7. The van der Waals surface area contributed by atoms with E-state index in [1.165, 1.54) is 10.6 Å². The van der Waals surface area contributed by atoms with Crippen molar-refractivity contribution >= 4 is 22.6 Å². The van der Waals surface area contributed by atoms with E-state index in [2.05, 4.69) is 17.1 Å². The minimum absolute atomic E-state index is 0.0373. The highest BCUT2D eigenvalue weighted by atomic mass is 19.1. The average molecular weight is 399 g/mol. The lowest BCUT2D eigenvalue weighted by molar-refractivity contribution is 0.0695. The summed E-state index contributed by atoms with van der Waals surface area (Å²) in [4.78, 5) is 26.4. The molecule has 1 atom stereocenters. The predicted molar refractivity (Wildman–Crippen MR) is 106 cm³/mol. The number of aromatic carboxylic acids is 1. The number of nitrogens with zero attached hydrogens (tertiary/aromatic N) is 2. The fourth-order valence-corrected chi connectivity index (χ4v) is 3.71. The van der Waals surface area contributed by atoms with Crippen LogP contribution in [-0.4, -0.2) is 41.3 Å². The maximum Gasteiger partial charge on any atom is 0.341 e. The van der Waals surface area contributed by atoms with Gasteiger partial charge in [0, 0.05) is 49.0 Å². The second-order valence-electron chi connectivity index (χ2n) is 7.15. The number of anilines is 1. The Morgan fingerprint density at radius 1 is 1.21 bits per heavy atom. The quantitative estimate of drug-likeness (QED) is 0.709. The summed E-state index contributed by atoms with van der Waals surface area (Å²) >= 11 is 0. The molecule has 1 aliphatic rings. The van der Waals surface area contributed by atoms with Gasteiger partial charge in [-0.15, -0.1) is 0 Å². The van der Waals surface area contributed by atoms with E-state index in [0.29, 0.717) is 5.52 Å². The number of hydrogen-bond donors (Lipinski definition) is 2. The Morgan fingerprint density at radius 2 is 2.00 bits per heavy atom. The molecule has 0 saturated carbocycles. The van der Waals surface area contributed by atoms with Gasteiger partial charge in [-0.1, -0.05) is 0 Å². The zero-order valence-electron chi connectivity index (χ0n) is 15.7. The van der Waals surface area contributed by atoms with Crippen LogP contribution in [0.25, 0.3) is 16.6 Å². The largest absolute Gasteiger partial charge is 0.477 e. The Labute approximate surface area is 165 Å². The Bertz CT molecular complexity index is 1180. The topological polar surface area (TPSA) is 74.6 Å². The molecule has 1 aliphatic heterocycles. The summed E-state index contributed by atoms with van der Waals surface area (Å²) in [6.07, 6.45) is 1.09. The van der Waals surface area contributed by atoms with E-state index in [-0.39, 0.29) is 17.1 Å². The monoisotopic (exact) mass is 399 g/mol. The first-order valence-corrected chi connectivity index (χ1v) is 9.21. The summed E-state index contributed by atoms with van der Waals surface area (Å²) in [5.74, 6) is -3.01. The van der Waals surface area contributed by atoms with Crippen LogP contribution >= 0.6 is 0 Å². The van der Waals surface area contributed by atoms with Crippen LogP contribution in [0, 0.1) is 11.6 Å². The minimum Gasteiger partial charge on any atom is -0.477 e. The molecule has 1 aromatic heterocycles. The van der Waals surface area contributed by atoms with Crippen LogP contribution in [0.5, 0.6) is 0 Å². The molecule has 1 saturated heterocycles. The van der Waals surface area contributed by atoms with Crippen LogP contribution < -0.4 is 15.6 Å². The van der Waals surface area contributed by atoms with Gasteiger partial charge in [-0.25, -0.2) is 13.6 Å². The average Bonchev–Trinajstić information content (AvgIpc) is 2.68. The maximum absolute atomic E-state index is 14.5. The normalized spacial score (nSPS) is 16.9. The third-order valence-corrected chi connectivity index (χ3v) is 5.12. The van der Waals surface area contributed by atoms with Crippen molar-refractivity contribution in [2.75, 3.05) is 24.5 Å². The maximum atomic E-state index is 14.5. The highest BCUT2D eigenvalue weighted by Gasteiger charge is 2.20. The number of piperazine rings is 1. The Morgan fingerprint density at radius 3 is 2.69 bits per heavy atom. The number of hydrogen-bond acceptors (Lipinski definition) is 4. The molecule has 6 nitrogen and oxygen atoms in total. The Hall–Kier alpha value is -3.26. The van der Waals surface area contributed by atoms with Crippen LogP contribution in [0.1, 0.15) is 17.3 Å². The number of aromatic nitrogens is 1. The van der Waals surface area contributed by atoms with E-state index in [1.807, 2.05) is 0 Å². The number of benzene rings is 2. The van der Waals surface area contributed by atoms with Crippen LogP contribution in [0.4, 0.5) is 14.5 Å². The second kappa shape index (κ2) is 7.29. The number of nitrogens with one attached hydrogen (secondary N) is 1. The molecule has 0 amide bonds. The van der Waals surface area contributed by atoms with Crippen molar-refractivity contribution in [3.05, 3.63) is 70.0 Å². The smallest absolute Gasteiger partial charge is 0.341 e. The van der Waals surface area contributed by atoms with Crippen molar-refractivity contribution in [3.8, 4) is 5.69 Å². The summed E-state index contributed by atoms with van der Waals surface area (Å²) in [7, 11) is 0. The number of halogens is 2. The SMILES string of the molecule is CC1CN(c2ccc3c(=O)c(C(=O)O)cn(-c4ccc(F)cc4F)c3c2)CCN1. The molecule has 0 aliphatic carbocycles. The first kappa shape index (κ1) is 19.1. The van der Waals surface area contributed by atoms with E-state index in [0.717, 1.165) is 43.7 Å². The van der Waals surface area contributed by atoms with Crippen molar-refractivity contribution in [2.45, 2.75) is 13.0 Å². The van der Waals surface area contributed by atoms with E-state index >= 15 is 0 Å². The zero-order chi connectivity index (χ0) is 20.7. The first-order valence-electron chi connectivity index (χ1n) is 9.21. The van der Waals surface area contributed by atoms with E-state index in [1.54, 1.807) is 18.2 Å². The molecule has 3 aromatic rings. The molecule has 1 fully saturated rings. The predicted octanol–water partition coefficient (Wildman–Crippen LogP) is 2.77. The van der Waals surface area contributed by atoms with Crippen LogP contribution in [-0.2, 0) is 0 Å². The highest BCUT2D eigenvalue weighted by Crippen LogP contribution is 2.26. The van der Waals surface area contributed by atoms with E-state index < -0.39 is 28.6 Å². The van der Waals surface area contributed by atoms with E-state index in [9.17, 15) is 23.5 Å². The van der Waals surface area contributed by atoms with Crippen molar-refractivity contribution in [1.82, 2.24) is 9.88 Å². The Kier molecular flexibility index (Phi) is 4.79. The van der Waals surface area contributed by atoms with Crippen molar-refractivity contribution < 1.29 is 18.7 Å². The number of carboxylic acids is 1. The van der Waals surface area contributed by atoms with Gasteiger partial charge in [0.05, 0.1) is 11.2 Å². The minimum atomic E-state index is -1.41. The van der Waals surface area contributed by atoms with Crippen LogP contribution in [0.2, 0.25) is 0 Å². The van der Waals surface area contributed by atoms with Crippen molar-refractivity contribution in [1.29, 1.82) is 0 Å². The fourth-order valence-electron chi connectivity index (χ4n) is 3.71. The second-order valence-corrected chi connectivity index (χ2v) is 7.15.